The Morgan fingerprint density at radius 3 is 2.74 bits per heavy atom. The van der Waals surface area contributed by atoms with E-state index >= 15 is 0 Å². The van der Waals surface area contributed by atoms with Gasteiger partial charge in [-0.25, -0.2) is 0 Å². The molecule has 2 heterocycles. The number of ether oxygens (including phenoxy) is 1. The molecule has 0 fully saturated rings. The molecule has 0 radical (unpaired) electrons. The second-order valence-corrected chi connectivity index (χ2v) is 6.15. The Morgan fingerprint density at radius 2 is 2.05 bits per heavy atom. The number of rotatable bonds is 2. The number of fused-ring (bicyclic) bond motifs is 1. The summed E-state index contributed by atoms with van der Waals surface area (Å²) in [4.78, 5) is 0.172. The molecule has 0 bridgehead atoms. The molecule has 0 saturated heterocycles. The molecule has 1 aliphatic rings. The van der Waals surface area contributed by atoms with Gasteiger partial charge in [0.05, 0.1) is 4.83 Å². The van der Waals surface area contributed by atoms with Crippen LogP contribution < -0.4 is 4.74 Å². The Kier molecular flexibility index (Phi) is 3.17. The molecule has 2 aromatic rings. The van der Waals surface area contributed by atoms with Crippen LogP contribution in [0.4, 0.5) is 0 Å². The third-order valence-electron chi connectivity index (χ3n) is 3.57. The maximum absolute atomic E-state index is 5.74. The maximum atomic E-state index is 5.74. The summed E-state index contributed by atoms with van der Waals surface area (Å²) in [6, 6.07) is 8.53. The van der Waals surface area contributed by atoms with E-state index < -0.39 is 0 Å². The van der Waals surface area contributed by atoms with Crippen molar-refractivity contribution < 1.29 is 9.15 Å². The van der Waals surface area contributed by atoms with Crippen molar-refractivity contribution in [1.82, 2.24) is 0 Å². The van der Waals surface area contributed by atoms with Crippen LogP contribution >= 0.6 is 15.9 Å². The van der Waals surface area contributed by atoms with Crippen molar-refractivity contribution in [3.63, 3.8) is 0 Å². The number of alkyl halides is 1. The molecule has 2 unspecified atom stereocenters. The first-order valence-electron chi connectivity index (χ1n) is 6.55. The van der Waals surface area contributed by atoms with Crippen LogP contribution in [0.5, 0.6) is 5.75 Å². The molecular weight excluding hydrogens is 304 g/mol. The average molecular weight is 321 g/mol. The van der Waals surface area contributed by atoms with Crippen molar-refractivity contribution >= 4 is 15.9 Å². The van der Waals surface area contributed by atoms with Gasteiger partial charge in [0.25, 0.3) is 0 Å². The minimum Gasteiger partial charge on any atom is -0.490 e. The predicted molar refractivity (Wildman–Crippen MR) is 79.2 cm³/mol. The fourth-order valence-electron chi connectivity index (χ4n) is 2.68. The van der Waals surface area contributed by atoms with Crippen molar-refractivity contribution in [3.05, 3.63) is 52.5 Å². The van der Waals surface area contributed by atoms with Gasteiger partial charge in [-0.2, -0.15) is 0 Å². The van der Waals surface area contributed by atoms with Gasteiger partial charge in [-0.15, -0.1) is 0 Å². The highest BCUT2D eigenvalue weighted by Crippen LogP contribution is 2.38. The van der Waals surface area contributed by atoms with Gasteiger partial charge in [0.1, 0.15) is 23.4 Å². The van der Waals surface area contributed by atoms with E-state index in [0.29, 0.717) is 0 Å². The van der Waals surface area contributed by atoms with Gasteiger partial charge in [0.15, 0.2) is 0 Å². The molecule has 1 aromatic heterocycles. The van der Waals surface area contributed by atoms with Gasteiger partial charge in [-0.1, -0.05) is 28.1 Å². The summed E-state index contributed by atoms with van der Waals surface area (Å²) in [6.07, 6.45) is 1.28. The topological polar surface area (TPSA) is 22.4 Å². The fraction of sp³-hybridized carbons (Fsp3) is 0.375. The van der Waals surface area contributed by atoms with Crippen LogP contribution in [0.15, 0.2) is 28.7 Å². The Morgan fingerprint density at radius 1 is 1.26 bits per heavy atom. The van der Waals surface area contributed by atoms with Crippen LogP contribution in [0.25, 0.3) is 0 Å². The third-order valence-corrected chi connectivity index (χ3v) is 4.59. The second kappa shape index (κ2) is 4.71. The highest BCUT2D eigenvalue weighted by molar-refractivity contribution is 9.09. The molecule has 1 aliphatic heterocycles. The first kappa shape index (κ1) is 12.8. The first-order valence-corrected chi connectivity index (χ1v) is 7.46. The van der Waals surface area contributed by atoms with Crippen molar-refractivity contribution in [2.24, 2.45) is 0 Å². The van der Waals surface area contributed by atoms with E-state index in [2.05, 4.69) is 47.1 Å². The van der Waals surface area contributed by atoms with E-state index in [-0.39, 0.29) is 10.9 Å². The van der Waals surface area contributed by atoms with E-state index in [9.17, 15) is 0 Å². The number of halogens is 1. The number of aryl methyl sites for hydroxylation is 2. The van der Waals surface area contributed by atoms with Crippen LogP contribution in [0.3, 0.4) is 0 Å². The van der Waals surface area contributed by atoms with Gasteiger partial charge in [-0.3, -0.25) is 0 Å². The molecule has 3 rings (SSSR count). The summed E-state index contributed by atoms with van der Waals surface area (Å²) in [5.74, 6) is 2.95. The number of furan rings is 1. The van der Waals surface area contributed by atoms with Crippen LogP contribution in [0, 0.1) is 13.8 Å². The molecule has 0 N–H and O–H groups in total. The summed E-state index contributed by atoms with van der Waals surface area (Å²) in [7, 11) is 0. The molecule has 0 aliphatic carbocycles. The van der Waals surface area contributed by atoms with Gasteiger partial charge in [-0.05, 0) is 44.0 Å². The summed E-state index contributed by atoms with van der Waals surface area (Å²) in [5.41, 5.74) is 3.75. The standard InChI is InChI=1S/C16H17BrO2/c1-9-6-13-8-12(4-5-15(13)19-9)16(17)14-7-10(2)18-11(14)3/h4-5,7-9,16H,6H2,1-3H3. The molecule has 1 aromatic carbocycles. The molecule has 2 atom stereocenters. The van der Waals surface area contributed by atoms with Gasteiger partial charge in [0.2, 0.25) is 0 Å². The van der Waals surface area contributed by atoms with Crippen molar-refractivity contribution in [3.8, 4) is 5.75 Å². The molecule has 0 saturated carbocycles. The lowest BCUT2D eigenvalue weighted by molar-refractivity contribution is 0.254. The predicted octanol–water partition coefficient (Wildman–Crippen LogP) is 4.70. The molecule has 2 nitrogen and oxygen atoms in total. The minimum atomic E-state index is 0.172. The van der Waals surface area contributed by atoms with Crippen molar-refractivity contribution in [2.45, 2.75) is 38.1 Å². The van der Waals surface area contributed by atoms with Gasteiger partial charge in [0, 0.05) is 12.0 Å². The SMILES string of the molecule is Cc1cc(C(Br)c2ccc3c(c2)CC(C)O3)c(C)o1. The van der Waals surface area contributed by atoms with E-state index in [1.54, 1.807) is 0 Å². The maximum Gasteiger partial charge on any atom is 0.123 e. The minimum absolute atomic E-state index is 0.172. The summed E-state index contributed by atoms with van der Waals surface area (Å²) >= 11 is 3.78. The average Bonchev–Trinajstić information content (AvgIpc) is 2.88. The van der Waals surface area contributed by atoms with E-state index in [0.717, 1.165) is 23.7 Å². The quantitative estimate of drug-likeness (QED) is 0.748. The van der Waals surface area contributed by atoms with Gasteiger partial charge >= 0.3 is 0 Å². The van der Waals surface area contributed by atoms with Crippen LogP contribution in [-0.2, 0) is 6.42 Å². The lowest BCUT2D eigenvalue weighted by atomic mass is 10.0. The lowest BCUT2D eigenvalue weighted by Gasteiger charge is -2.10. The Labute approximate surface area is 121 Å². The Hall–Kier alpha value is -1.22. The van der Waals surface area contributed by atoms with Crippen molar-refractivity contribution in [2.75, 3.05) is 0 Å². The molecule has 100 valence electrons. The zero-order chi connectivity index (χ0) is 13.6. The molecule has 3 heteroatoms. The Bertz CT molecular complexity index is 615. The molecule has 19 heavy (non-hydrogen) atoms. The molecule has 0 amide bonds. The van der Waals surface area contributed by atoms with Crippen LogP contribution in [-0.4, -0.2) is 6.10 Å². The fourth-order valence-corrected chi connectivity index (χ4v) is 3.42. The number of benzene rings is 1. The highest BCUT2D eigenvalue weighted by atomic mass is 79.9. The Balaban J connectivity index is 1.95. The lowest BCUT2D eigenvalue weighted by Crippen LogP contribution is -2.05. The molecule has 0 spiro atoms. The van der Waals surface area contributed by atoms with E-state index in [4.69, 9.17) is 9.15 Å². The first-order chi connectivity index (χ1) is 9.04. The van der Waals surface area contributed by atoms with Crippen molar-refractivity contribution in [1.29, 1.82) is 0 Å². The zero-order valence-electron chi connectivity index (χ0n) is 11.4. The number of hydrogen-bond donors (Lipinski definition) is 0. The largest absolute Gasteiger partial charge is 0.490 e. The number of hydrogen-bond acceptors (Lipinski definition) is 2. The second-order valence-electron chi connectivity index (χ2n) is 5.23. The smallest absolute Gasteiger partial charge is 0.123 e. The zero-order valence-corrected chi connectivity index (χ0v) is 13.0. The van der Waals surface area contributed by atoms with Gasteiger partial charge < -0.3 is 9.15 Å². The summed E-state index contributed by atoms with van der Waals surface area (Å²) in [5, 5.41) is 0. The van der Waals surface area contributed by atoms with E-state index in [1.807, 2.05) is 13.8 Å². The monoisotopic (exact) mass is 320 g/mol. The normalized spacial score (nSPS) is 19.1. The highest BCUT2D eigenvalue weighted by Gasteiger charge is 2.22. The van der Waals surface area contributed by atoms with Crippen LogP contribution in [0.2, 0.25) is 0 Å². The van der Waals surface area contributed by atoms with E-state index in [1.165, 1.54) is 16.7 Å². The third kappa shape index (κ3) is 2.32. The summed E-state index contributed by atoms with van der Waals surface area (Å²) < 4.78 is 11.4. The van der Waals surface area contributed by atoms with Crippen LogP contribution in [0.1, 0.15) is 40.0 Å². The molecular formula is C16H17BrO2. The summed E-state index contributed by atoms with van der Waals surface area (Å²) in [6.45, 7) is 6.10.